The van der Waals surface area contributed by atoms with Gasteiger partial charge in [-0.3, -0.25) is 38.5 Å². The first-order valence-corrected chi connectivity index (χ1v) is 24.9. The quantitative estimate of drug-likeness (QED) is 0.0571. The second kappa shape index (κ2) is 21.8. The van der Waals surface area contributed by atoms with Crippen molar-refractivity contribution in [3.63, 3.8) is 0 Å². The third-order valence-corrected chi connectivity index (χ3v) is 13.2. The maximum absolute atomic E-state index is 13.4. The van der Waals surface area contributed by atoms with E-state index in [0.29, 0.717) is 44.3 Å². The zero-order valence-corrected chi connectivity index (χ0v) is 43.6. The van der Waals surface area contributed by atoms with E-state index in [1.165, 1.54) is 64.5 Å². The molecule has 0 saturated carbocycles. The number of ether oxygens (including phenoxy) is 1. The van der Waals surface area contributed by atoms with E-state index in [4.69, 9.17) is 27.9 Å². The van der Waals surface area contributed by atoms with Gasteiger partial charge in [-0.25, -0.2) is 14.8 Å². The summed E-state index contributed by atoms with van der Waals surface area (Å²) in [6.07, 6.45) is 1.72. The fourth-order valence-electron chi connectivity index (χ4n) is 9.16. The Labute approximate surface area is 444 Å². The highest BCUT2D eigenvalue weighted by Gasteiger charge is 2.38. The number of carbonyl (C=O) groups excluding carboxylic acids is 8. The van der Waals surface area contributed by atoms with Crippen molar-refractivity contribution < 1.29 is 53.3 Å². The molecule has 2 atom stereocenters. The molecule has 0 bridgehead atoms. The number of halogens is 2. The van der Waals surface area contributed by atoms with Crippen LogP contribution >= 0.6 is 23.2 Å². The molecule has 0 fully saturated rings. The number of rotatable bonds is 15. The van der Waals surface area contributed by atoms with Crippen LogP contribution in [0.1, 0.15) is 84.7 Å². The minimum absolute atomic E-state index is 0.0222. The highest BCUT2D eigenvalue weighted by atomic mass is 35.5. The molecule has 2 unspecified atom stereocenters. The molecule has 25 heteroatoms. The average molecular weight is 1080 g/mol. The van der Waals surface area contributed by atoms with Gasteiger partial charge in [0.05, 0.1) is 24.5 Å². The predicted molar refractivity (Wildman–Crippen MR) is 285 cm³/mol. The molecule has 76 heavy (non-hydrogen) atoms. The van der Waals surface area contributed by atoms with Crippen molar-refractivity contribution >= 4 is 127 Å². The topological polar surface area (TPSA) is 301 Å². The number of nitrogens with zero attached hydrogens (tertiary/aromatic N) is 6. The van der Waals surface area contributed by atoms with Crippen LogP contribution in [-0.4, -0.2) is 120 Å². The molecule has 23 nitrogen and oxygen atoms in total. The number of hydrogen-bond acceptors (Lipinski definition) is 13. The normalized spacial score (nSPS) is 14.7. The second-order valence-corrected chi connectivity index (χ2v) is 19.9. The Morgan fingerprint density at radius 3 is 1.67 bits per heavy atom. The van der Waals surface area contributed by atoms with E-state index in [9.17, 15) is 48.6 Å². The monoisotopic (exact) mass is 1080 g/mol. The van der Waals surface area contributed by atoms with Crippen molar-refractivity contribution in [1.82, 2.24) is 29.7 Å². The summed E-state index contributed by atoms with van der Waals surface area (Å²) in [4.78, 5) is 114. The van der Waals surface area contributed by atoms with Crippen LogP contribution in [0.2, 0.25) is 0 Å². The van der Waals surface area contributed by atoms with Gasteiger partial charge in [0.2, 0.25) is 41.2 Å². The number of phenols is 2. The molecule has 0 saturated heterocycles. The largest absolute Gasteiger partial charge is 0.507 e. The molecule has 4 heterocycles. The number of hydrogen-bond donors (Lipinski definition) is 8. The lowest BCUT2D eigenvalue weighted by molar-refractivity contribution is -0.124. The molecule has 6 aromatic rings. The van der Waals surface area contributed by atoms with Crippen molar-refractivity contribution in [1.29, 1.82) is 0 Å². The van der Waals surface area contributed by atoms with Crippen LogP contribution in [0.3, 0.4) is 0 Å². The molecule has 8 rings (SSSR count). The maximum Gasteiger partial charge on any atom is 0.414 e. The molecule has 8 N–H and O–H groups in total. The number of fused-ring (bicyclic) bond motifs is 6. The van der Waals surface area contributed by atoms with Gasteiger partial charge in [-0.15, -0.1) is 23.2 Å². The van der Waals surface area contributed by atoms with E-state index >= 15 is 0 Å². The van der Waals surface area contributed by atoms with Gasteiger partial charge < -0.3 is 60.9 Å². The van der Waals surface area contributed by atoms with Gasteiger partial charge in [-0.1, -0.05) is 12.1 Å². The molecule has 0 spiro atoms. The van der Waals surface area contributed by atoms with Crippen molar-refractivity contribution in [3.8, 4) is 11.5 Å². The first-order chi connectivity index (χ1) is 36.0. The SMILES string of the molecule is CC(=O)Nc1ccc2c3c(cc(O)c2c1)N(C(=O)CNC(=O)CNC(=O)c1nc(NC(=O)c2nc(NC(=O)CCC(=O)Nc4ccc5c6c(cc(O)c5c4)N(C(=O)OC(C)(C)C)CC6CCl)cn2C)cn1C)CC3CCl. The minimum Gasteiger partial charge on any atom is -0.507 e. The molecule has 2 aromatic heterocycles. The predicted octanol–water partition coefficient (Wildman–Crippen LogP) is 5.73. The number of nitrogens with one attached hydrogen (secondary N) is 6. The van der Waals surface area contributed by atoms with Crippen molar-refractivity contribution in [2.75, 3.05) is 69.0 Å². The highest BCUT2D eigenvalue weighted by Crippen LogP contribution is 2.47. The summed E-state index contributed by atoms with van der Waals surface area (Å²) < 4.78 is 8.25. The number of amides is 8. The van der Waals surface area contributed by atoms with E-state index in [1.54, 1.807) is 57.2 Å². The number of carbonyl (C=O) groups is 8. The van der Waals surface area contributed by atoms with Crippen LogP contribution in [0.5, 0.6) is 11.5 Å². The summed E-state index contributed by atoms with van der Waals surface area (Å²) in [7, 11) is 3.01. The highest BCUT2D eigenvalue weighted by molar-refractivity contribution is 6.20. The molecule has 2 aliphatic rings. The number of anilines is 6. The van der Waals surface area contributed by atoms with Gasteiger partial charge >= 0.3 is 6.09 Å². The van der Waals surface area contributed by atoms with Gasteiger partial charge in [-0.2, -0.15) is 0 Å². The Bertz CT molecular complexity index is 3390. The van der Waals surface area contributed by atoms with Crippen LogP contribution < -0.4 is 41.7 Å². The van der Waals surface area contributed by atoms with Crippen LogP contribution in [-0.2, 0) is 42.8 Å². The zero-order chi connectivity index (χ0) is 54.9. The Morgan fingerprint density at radius 1 is 0.632 bits per heavy atom. The molecule has 8 amide bonds. The second-order valence-electron chi connectivity index (χ2n) is 19.3. The summed E-state index contributed by atoms with van der Waals surface area (Å²) in [5, 5.41) is 39.6. The Balaban J connectivity index is 0.799. The van der Waals surface area contributed by atoms with E-state index in [1.807, 2.05) is 0 Å². The minimum atomic E-state index is -0.766. The molecular weight excluding hydrogens is 1030 g/mol. The Kier molecular flexibility index (Phi) is 15.4. The van der Waals surface area contributed by atoms with Gasteiger partial charge in [0.15, 0.2) is 11.6 Å². The van der Waals surface area contributed by atoms with Crippen molar-refractivity contribution in [3.05, 3.63) is 83.7 Å². The van der Waals surface area contributed by atoms with Gasteiger partial charge in [-0.05, 0) is 66.9 Å². The smallest absolute Gasteiger partial charge is 0.414 e. The van der Waals surface area contributed by atoms with Crippen molar-refractivity contribution in [2.24, 2.45) is 14.1 Å². The average Bonchev–Trinajstić information content (AvgIpc) is 4.13. The number of alkyl halides is 2. The Morgan fingerprint density at radius 2 is 1.13 bits per heavy atom. The number of aromatic hydroxyl groups is 2. The van der Waals surface area contributed by atoms with Gasteiger partial charge in [0.25, 0.3) is 11.8 Å². The molecular formula is C51H54Cl2N12O11. The summed E-state index contributed by atoms with van der Waals surface area (Å²) in [6, 6.07) is 13.0. The van der Waals surface area contributed by atoms with Gasteiger partial charge in [0, 0.05) is 117 Å². The van der Waals surface area contributed by atoms with Crippen LogP contribution in [0.25, 0.3) is 21.5 Å². The molecule has 4 aromatic carbocycles. The van der Waals surface area contributed by atoms with Crippen molar-refractivity contribution in [2.45, 2.75) is 58.0 Å². The number of imidazole rings is 2. The van der Waals surface area contributed by atoms with Gasteiger partial charge in [0.1, 0.15) is 17.1 Å². The summed E-state index contributed by atoms with van der Waals surface area (Å²) in [5.41, 5.74) is 2.55. The third kappa shape index (κ3) is 11.6. The maximum atomic E-state index is 13.4. The summed E-state index contributed by atoms with van der Waals surface area (Å²) in [6.45, 7) is 6.16. The number of aryl methyl sites for hydroxylation is 2. The Hall–Kier alpha value is -8.44. The molecule has 2 aliphatic heterocycles. The van der Waals surface area contributed by atoms with Crippen LogP contribution in [0, 0.1) is 0 Å². The molecule has 0 aliphatic carbocycles. The van der Waals surface area contributed by atoms with Crippen LogP contribution in [0.15, 0.2) is 60.9 Å². The molecule has 0 radical (unpaired) electrons. The number of phenolic OH excluding ortho intramolecular Hbond substituents is 2. The molecule has 398 valence electrons. The van der Waals surface area contributed by atoms with E-state index in [2.05, 4.69) is 41.9 Å². The lowest BCUT2D eigenvalue weighted by Gasteiger charge is -2.25. The lowest BCUT2D eigenvalue weighted by atomic mass is 9.95. The van der Waals surface area contributed by atoms with Crippen LogP contribution in [0.4, 0.5) is 39.2 Å². The first-order valence-electron chi connectivity index (χ1n) is 23.8. The first kappa shape index (κ1) is 53.8. The third-order valence-electron chi connectivity index (χ3n) is 12.5. The lowest BCUT2D eigenvalue weighted by Crippen LogP contribution is -2.43. The summed E-state index contributed by atoms with van der Waals surface area (Å²) in [5.74, 6) is -4.69. The standard InChI is InChI=1S/C51H54Cl2N12O11/c1-25(66)56-28-7-9-30-32(13-28)36(67)15-34-44(30)26(17-52)21-64(34)43(72)20-54-42(71)19-55-48(73)46-60-39(24-62(46)5)61-49(74)47-59-38(23-63(47)6)58-41(70)12-11-40(69)57-29-8-10-31-33(14-29)37(68)16-35-45(31)27(18-53)22-65(35)50(75)76-51(2,3)4/h7-10,13-16,23-24,26-27,67-68H,11-12,17-22H2,1-6H3,(H,54,71)(H,55,73)(H,56,66)(H,57,69)(H,58,70)(H,61,74). The summed E-state index contributed by atoms with van der Waals surface area (Å²) >= 11 is 12.7. The van der Waals surface area contributed by atoms with E-state index in [0.717, 1.165) is 11.1 Å². The number of aromatic nitrogens is 4. The van der Waals surface area contributed by atoms with E-state index < -0.39 is 60.2 Å². The zero-order valence-electron chi connectivity index (χ0n) is 42.1. The fraction of sp³-hybridized carbons (Fsp3) is 0.333. The number of benzene rings is 4. The fourth-order valence-corrected chi connectivity index (χ4v) is 9.67. The van der Waals surface area contributed by atoms with E-state index in [-0.39, 0.29) is 90.2 Å².